The van der Waals surface area contributed by atoms with Gasteiger partial charge in [-0.25, -0.2) is 4.79 Å². The number of carbonyl (C=O) groups excluding carboxylic acids is 2. The fraction of sp³-hybridized carbons (Fsp3) is 0.846. The maximum absolute atomic E-state index is 12.3. The zero-order chi connectivity index (χ0) is 16.4. The van der Waals surface area contributed by atoms with E-state index < -0.39 is 35.9 Å². The lowest BCUT2D eigenvalue weighted by Crippen LogP contribution is -2.58. The first-order valence-corrected chi connectivity index (χ1v) is 6.79. The molecule has 0 bridgehead atoms. The van der Waals surface area contributed by atoms with Gasteiger partial charge in [-0.1, -0.05) is 0 Å². The average Bonchev–Trinajstić information content (AvgIpc) is 2.28. The summed E-state index contributed by atoms with van der Waals surface area (Å²) < 4.78 is 42.1. The van der Waals surface area contributed by atoms with E-state index in [1.165, 1.54) is 4.90 Å². The lowest BCUT2D eigenvalue weighted by atomic mass is 9.98. The highest BCUT2D eigenvalue weighted by Gasteiger charge is 2.42. The Kier molecular flexibility index (Phi) is 5.11. The number of carbonyl (C=O) groups is 2. The van der Waals surface area contributed by atoms with Crippen molar-refractivity contribution in [1.29, 1.82) is 0 Å². The minimum absolute atomic E-state index is 0.391. The van der Waals surface area contributed by atoms with Crippen molar-refractivity contribution in [2.45, 2.75) is 64.4 Å². The predicted molar refractivity (Wildman–Crippen MR) is 69.6 cm³/mol. The normalized spacial score (nSPS) is 23.7. The molecule has 0 radical (unpaired) electrons. The Morgan fingerprint density at radius 2 is 1.81 bits per heavy atom. The molecule has 1 aliphatic heterocycles. The van der Waals surface area contributed by atoms with Crippen LogP contribution in [0.2, 0.25) is 0 Å². The van der Waals surface area contributed by atoms with Crippen LogP contribution in [0.15, 0.2) is 0 Å². The zero-order valence-electron chi connectivity index (χ0n) is 12.6. The predicted octanol–water partition coefficient (Wildman–Crippen LogP) is 2.45. The quantitative estimate of drug-likeness (QED) is 0.809. The molecule has 0 unspecified atom stereocenters. The number of hydrogen-bond acceptors (Lipinski definition) is 3. The summed E-state index contributed by atoms with van der Waals surface area (Å²) >= 11 is 0. The average molecular weight is 310 g/mol. The molecule has 21 heavy (non-hydrogen) atoms. The van der Waals surface area contributed by atoms with Crippen LogP contribution in [0.25, 0.3) is 0 Å². The molecule has 1 heterocycles. The smallest absolute Gasteiger partial charge is 0.444 e. The summed E-state index contributed by atoms with van der Waals surface area (Å²) in [6.45, 7) is 7.13. The van der Waals surface area contributed by atoms with Gasteiger partial charge in [0.1, 0.15) is 5.60 Å². The van der Waals surface area contributed by atoms with E-state index in [2.05, 4.69) is 0 Å². The maximum Gasteiger partial charge on any atom is 0.471 e. The van der Waals surface area contributed by atoms with Crippen LogP contribution in [-0.2, 0) is 9.53 Å². The molecule has 1 rings (SSSR count). The minimum Gasteiger partial charge on any atom is -0.444 e. The van der Waals surface area contributed by atoms with Gasteiger partial charge in [0.25, 0.3) is 0 Å². The standard InChI is InChI=1S/C13H21F3N2O3/c1-8-9(17-10(19)13(14,15)16)6-5-7-18(8)11(20)21-12(2,3)4/h8-9H,5-7H2,1-4H3,(H,17,19)/t8-,9-/m0/s1. The van der Waals surface area contributed by atoms with E-state index in [4.69, 9.17) is 4.74 Å². The van der Waals surface area contributed by atoms with Crippen LogP contribution in [0.5, 0.6) is 0 Å². The molecular formula is C13H21F3N2O3. The number of alkyl halides is 3. The van der Waals surface area contributed by atoms with E-state index in [0.717, 1.165) is 0 Å². The van der Waals surface area contributed by atoms with Gasteiger partial charge in [-0.2, -0.15) is 13.2 Å². The topological polar surface area (TPSA) is 58.6 Å². The Morgan fingerprint density at radius 1 is 1.24 bits per heavy atom. The molecule has 1 N–H and O–H groups in total. The lowest BCUT2D eigenvalue weighted by Gasteiger charge is -2.40. The summed E-state index contributed by atoms with van der Waals surface area (Å²) in [5.74, 6) is -1.98. The largest absolute Gasteiger partial charge is 0.471 e. The summed E-state index contributed by atoms with van der Waals surface area (Å²) in [6.07, 6.45) is -4.61. The Bertz CT molecular complexity index is 404. The first kappa shape index (κ1) is 17.6. The number of likely N-dealkylation sites (tertiary alicyclic amines) is 1. The summed E-state index contributed by atoms with van der Waals surface area (Å²) in [5.41, 5.74) is -0.682. The molecule has 122 valence electrons. The van der Waals surface area contributed by atoms with E-state index >= 15 is 0 Å². The van der Waals surface area contributed by atoms with Crippen LogP contribution in [0.4, 0.5) is 18.0 Å². The Labute approximate surface area is 121 Å². The van der Waals surface area contributed by atoms with Crippen molar-refractivity contribution in [2.24, 2.45) is 0 Å². The third-order valence-corrected chi connectivity index (χ3v) is 3.19. The molecule has 1 saturated heterocycles. The highest BCUT2D eigenvalue weighted by atomic mass is 19.4. The first-order valence-electron chi connectivity index (χ1n) is 6.79. The van der Waals surface area contributed by atoms with Gasteiger partial charge < -0.3 is 15.0 Å². The van der Waals surface area contributed by atoms with E-state index in [-0.39, 0.29) is 0 Å². The molecule has 5 nitrogen and oxygen atoms in total. The molecule has 0 aromatic carbocycles. The summed E-state index contributed by atoms with van der Waals surface area (Å²) in [7, 11) is 0. The van der Waals surface area contributed by atoms with Crippen LogP contribution in [0.1, 0.15) is 40.5 Å². The van der Waals surface area contributed by atoms with E-state index in [0.29, 0.717) is 19.4 Å². The van der Waals surface area contributed by atoms with Crippen molar-refractivity contribution in [3.8, 4) is 0 Å². The van der Waals surface area contributed by atoms with Gasteiger partial charge in [-0.05, 0) is 40.5 Å². The molecule has 1 aliphatic rings. The number of nitrogens with one attached hydrogen (secondary N) is 1. The van der Waals surface area contributed by atoms with Gasteiger partial charge in [0.15, 0.2) is 0 Å². The SMILES string of the molecule is C[C@H]1[C@@H](NC(=O)C(F)(F)F)CCCN1C(=O)OC(C)(C)C. The number of ether oxygens (including phenoxy) is 1. The second-order valence-electron chi connectivity index (χ2n) is 6.13. The summed E-state index contributed by atoms with van der Waals surface area (Å²) in [5, 5.41) is 1.94. The van der Waals surface area contributed by atoms with Gasteiger partial charge in [-0.15, -0.1) is 0 Å². The molecular weight excluding hydrogens is 289 g/mol. The van der Waals surface area contributed by atoms with Gasteiger partial charge in [0, 0.05) is 12.6 Å². The van der Waals surface area contributed by atoms with Crippen molar-refractivity contribution in [2.75, 3.05) is 6.54 Å². The van der Waals surface area contributed by atoms with Crippen molar-refractivity contribution in [1.82, 2.24) is 10.2 Å². The number of rotatable bonds is 1. The second kappa shape index (κ2) is 6.11. The van der Waals surface area contributed by atoms with Crippen LogP contribution >= 0.6 is 0 Å². The number of nitrogens with zero attached hydrogens (tertiary/aromatic N) is 1. The maximum atomic E-state index is 12.3. The van der Waals surface area contributed by atoms with E-state index in [1.807, 2.05) is 5.32 Å². The molecule has 8 heteroatoms. The van der Waals surface area contributed by atoms with Gasteiger partial charge in [0.2, 0.25) is 0 Å². The van der Waals surface area contributed by atoms with Crippen LogP contribution in [0, 0.1) is 0 Å². The van der Waals surface area contributed by atoms with Crippen LogP contribution in [0.3, 0.4) is 0 Å². The molecule has 0 aromatic heterocycles. The number of amides is 2. The molecule has 2 atom stereocenters. The first-order chi connectivity index (χ1) is 9.42. The lowest BCUT2D eigenvalue weighted by molar-refractivity contribution is -0.175. The molecule has 0 aliphatic carbocycles. The van der Waals surface area contributed by atoms with Crippen LogP contribution in [-0.4, -0.2) is 47.3 Å². The summed E-state index contributed by atoms with van der Waals surface area (Å²) in [4.78, 5) is 24.4. The van der Waals surface area contributed by atoms with Crippen LogP contribution < -0.4 is 5.32 Å². The Balaban J connectivity index is 2.71. The number of halogens is 3. The highest BCUT2D eigenvalue weighted by Crippen LogP contribution is 2.22. The molecule has 2 amide bonds. The highest BCUT2D eigenvalue weighted by molar-refractivity contribution is 5.82. The zero-order valence-corrected chi connectivity index (χ0v) is 12.6. The van der Waals surface area contributed by atoms with Crippen molar-refractivity contribution in [3.05, 3.63) is 0 Å². The van der Waals surface area contributed by atoms with Crippen molar-refractivity contribution >= 4 is 12.0 Å². The number of piperidine rings is 1. The number of hydrogen-bond donors (Lipinski definition) is 1. The monoisotopic (exact) mass is 310 g/mol. The molecule has 1 fully saturated rings. The third-order valence-electron chi connectivity index (χ3n) is 3.19. The third kappa shape index (κ3) is 5.09. The van der Waals surface area contributed by atoms with E-state index in [9.17, 15) is 22.8 Å². The fourth-order valence-corrected chi connectivity index (χ4v) is 2.16. The fourth-order valence-electron chi connectivity index (χ4n) is 2.16. The van der Waals surface area contributed by atoms with Gasteiger partial charge in [0.05, 0.1) is 6.04 Å². The van der Waals surface area contributed by atoms with Crippen molar-refractivity contribution < 1.29 is 27.5 Å². The Morgan fingerprint density at radius 3 is 2.29 bits per heavy atom. The Hall–Kier alpha value is -1.47. The van der Waals surface area contributed by atoms with E-state index in [1.54, 1.807) is 27.7 Å². The van der Waals surface area contributed by atoms with Gasteiger partial charge >= 0.3 is 18.2 Å². The molecule has 0 saturated carbocycles. The minimum atomic E-state index is -4.92. The van der Waals surface area contributed by atoms with Crippen molar-refractivity contribution in [3.63, 3.8) is 0 Å². The van der Waals surface area contributed by atoms with Gasteiger partial charge in [-0.3, -0.25) is 4.79 Å². The second-order valence-corrected chi connectivity index (χ2v) is 6.13. The molecule has 0 spiro atoms. The summed E-state index contributed by atoms with van der Waals surface area (Å²) in [6, 6.07) is -1.29. The molecule has 0 aromatic rings.